The van der Waals surface area contributed by atoms with E-state index < -0.39 is 5.38 Å². The predicted octanol–water partition coefficient (Wildman–Crippen LogP) is 3.26. The number of hydrogen-bond acceptors (Lipinski definition) is 2. The van der Waals surface area contributed by atoms with Crippen LogP contribution >= 0.6 is 11.6 Å². The van der Waals surface area contributed by atoms with Crippen molar-refractivity contribution in [3.05, 3.63) is 64.7 Å². The van der Waals surface area contributed by atoms with Crippen molar-refractivity contribution < 1.29 is 9.90 Å². The Morgan fingerprint density at radius 3 is 2.53 bits per heavy atom. The monoisotopic (exact) mass is 244 g/mol. The highest BCUT2D eigenvalue weighted by Crippen LogP contribution is 2.42. The van der Waals surface area contributed by atoms with E-state index in [4.69, 9.17) is 11.6 Å². The molecule has 0 amide bonds. The van der Waals surface area contributed by atoms with E-state index in [0.717, 1.165) is 5.56 Å². The van der Waals surface area contributed by atoms with E-state index in [1.165, 1.54) is 0 Å². The zero-order valence-corrected chi connectivity index (χ0v) is 9.61. The fourth-order valence-corrected chi connectivity index (χ4v) is 2.66. The van der Waals surface area contributed by atoms with Gasteiger partial charge in [-0.05, 0) is 11.6 Å². The number of phenolic OH excluding ortho intramolecular Hbond substituents is 1. The molecule has 0 aliphatic heterocycles. The molecule has 0 bridgehead atoms. The third kappa shape index (κ3) is 1.38. The van der Waals surface area contributed by atoms with Crippen LogP contribution in [0.15, 0.2) is 42.5 Å². The molecule has 1 unspecified atom stereocenters. The van der Waals surface area contributed by atoms with Gasteiger partial charge in [0.15, 0.2) is 5.78 Å². The van der Waals surface area contributed by atoms with Crippen LogP contribution in [0, 0.1) is 0 Å². The summed E-state index contributed by atoms with van der Waals surface area (Å²) in [5, 5.41) is 9.36. The van der Waals surface area contributed by atoms with Crippen molar-refractivity contribution in [2.24, 2.45) is 0 Å². The molecule has 2 nitrogen and oxygen atoms in total. The second-order valence-corrected chi connectivity index (χ2v) is 4.45. The van der Waals surface area contributed by atoms with Crippen LogP contribution in [0.4, 0.5) is 0 Å². The Morgan fingerprint density at radius 1 is 1.00 bits per heavy atom. The molecule has 84 valence electrons. The van der Waals surface area contributed by atoms with Crippen LogP contribution in [0.25, 0.3) is 0 Å². The Balaban J connectivity index is 2.33. The number of carbonyl (C=O) groups is 1. The number of phenols is 1. The molecule has 3 rings (SSSR count). The van der Waals surface area contributed by atoms with Gasteiger partial charge in [-0.25, -0.2) is 0 Å². The first-order chi connectivity index (χ1) is 8.20. The van der Waals surface area contributed by atoms with E-state index in [2.05, 4.69) is 0 Å². The molecule has 1 atom stereocenters. The molecule has 0 fully saturated rings. The number of fused-ring (bicyclic) bond motifs is 2. The summed E-state index contributed by atoms with van der Waals surface area (Å²) in [7, 11) is 0. The molecule has 1 N–H and O–H groups in total. The molecule has 0 saturated heterocycles. The molecule has 1 aliphatic carbocycles. The molecule has 0 radical (unpaired) electrons. The summed E-state index contributed by atoms with van der Waals surface area (Å²) >= 11 is 6.34. The maximum atomic E-state index is 12.2. The average Bonchev–Trinajstić information content (AvgIpc) is 2.36. The van der Waals surface area contributed by atoms with Gasteiger partial charge in [-0.1, -0.05) is 36.4 Å². The zero-order valence-electron chi connectivity index (χ0n) is 8.85. The molecule has 3 heteroatoms. The minimum atomic E-state index is -0.472. The third-order valence-corrected chi connectivity index (χ3v) is 3.51. The number of rotatable bonds is 0. The maximum Gasteiger partial charge on any atom is 0.193 e. The minimum Gasteiger partial charge on any atom is -0.508 e. The summed E-state index contributed by atoms with van der Waals surface area (Å²) in [6.07, 6.45) is 0. The fraction of sp³-hybridized carbons (Fsp3) is 0.0714. The van der Waals surface area contributed by atoms with Crippen molar-refractivity contribution in [3.63, 3.8) is 0 Å². The Bertz CT molecular complexity index is 619. The van der Waals surface area contributed by atoms with Crippen molar-refractivity contribution >= 4 is 17.4 Å². The van der Waals surface area contributed by atoms with Crippen LogP contribution in [-0.4, -0.2) is 10.9 Å². The fourth-order valence-electron chi connectivity index (χ4n) is 2.24. The lowest BCUT2D eigenvalue weighted by Crippen LogP contribution is -2.16. The van der Waals surface area contributed by atoms with Crippen LogP contribution in [0.5, 0.6) is 5.75 Å². The van der Waals surface area contributed by atoms with E-state index in [1.54, 1.807) is 24.3 Å². The lowest BCUT2D eigenvalue weighted by atomic mass is 9.84. The molecular formula is C14H9ClO2. The van der Waals surface area contributed by atoms with Gasteiger partial charge in [-0.3, -0.25) is 4.79 Å². The molecule has 2 aromatic rings. The van der Waals surface area contributed by atoms with Crippen LogP contribution < -0.4 is 0 Å². The van der Waals surface area contributed by atoms with Crippen LogP contribution in [-0.2, 0) is 0 Å². The second-order valence-electron chi connectivity index (χ2n) is 4.02. The van der Waals surface area contributed by atoms with Gasteiger partial charge in [0.1, 0.15) is 5.75 Å². The molecule has 1 aliphatic rings. The number of halogens is 1. The van der Waals surface area contributed by atoms with E-state index in [9.17, 15) is 9.90 Å². The van der Waals surface area contributed by atoms with Crippen molar-refractivity contribution in [2.75, 3.05) is 0 Å². The van der Waals surface area contributed by atoms with Crippen molar-refractivity contribution in [1.82, 2.24) is 0 Å². The quantitative estimate of drug-likeness (QED) is 0.723. The Morgan fingerprint density at radius 2 is 1.71 bits per heavy atom. The molecular weight excluding hydrogens is 236 g/mol. The smallest absolute Gasteiger partial charge is 0.193 e. The summed E-state index contributed by atoms with van der Waals surface area (Å²) in [4.78, 5) is 12.2. The molecule has 2 aromatic carbocycles. The largest absolute Gasteiger partial charge is 0.508 e. The Kier molecular flexibility index (Phi) is 2.20. The number of alkyl halides is 1. The zero-order chi connectivity index (χ0) is 12.0. The lowest BCUT2D eigenvalue weighted by molar-refractivity contribution is 0.103. The third-order valence-electron chi connectivity index (χ3n) is 3.06. The highest BCUT2D eigenvalue weighted by Gasteiger charge is 2.31. The molecule has 0 aromatic heterocycles. The van der Waals surface area contributed by atoms with Crippen molar-refractivity contribution in [1.29, 1.82) is 0 Å². The van der Waals surface area contributed by atoms with Crippen LogP contribution in [0.2, 0.25) is 0 Å². The van der Waals surface area contributed by atoms with Gasteiger partial charge in [0.25, 0.3) is 0 Å². The lowest BCUT2D eigenvalue weighted by Gasteiger charge is -2.23. The minimum absolute atomic E-state index is 0.0744. The van der Waals surface area contributed by atoms with Gasteiger partial charge in [-0.2, -0.15) is 0 Å². The summed E-state index contributed by atoms with van der Waals surface area (Å²) in [5.74, 6) is -0.00578. The van der Waals surface area contributed by atoms with E-state index in [1.807, 2.05) is 18.2 Å². The topological polar surface area (TPSA) is 37.3 Å². The summed E-state index contributed by atoms with van der Waals surface area (Å²) in [5.41, 5.74) is 2.38. The maximum absolute atomic E-state index is 12.2. The SMILES string of the molecule is O=C1c2ccccc2C(Cl)c2c(O)cccc21. The van der Waals surface area contributed by atoms with Gasteiger partial charge in [0.2, 0.25) is 0 Å². The van der Waals surface area contributed by atoms with Crippen LogP contribution in [0.1, 0.15) is 32.4 Å². The number of benzene rings is 2. The average molecular weight is 245 g/mol. The summed E-state index contributed by atoms with van der Waals surface area (Å²) in [6, 6.07) is 12.1. The van der Waals surface area contributed by atoms with Crippen molar-refractivity contribution in [2.45, 2.75) is 5.38 Å². The highest BCUT2D eigenvalue weighted by atomic mass is 35.5. The van der Waals surface area contributed by atoms with E-state index in [-0.39, 0.29) is 11.5 Å². The van der Waals surface area contributed by atoms with Gasteiger partial charge in [0.05, 0.1) is 5.38 Å². The van der Waals surface area contributed by atoms with Gasteiger partial charge in [0, 0.05) is 16.7 Å². The van der Waals surface area contributed by atoms with Crippen molar-refractivity contribution in [3.8, 4) is 5.75 Å². The van der Waals surface area contributed by atoms with E-state index >= 15 is 0 Å². The normalized spacial score (nSPS) is 17.5. The second kappa shape index (κ2) is 3.60. The molecule has 0 saturated carbocycles. The van der Waals surface area contributed by atoms with E-state index in [0.29, 0.717) is 16.7 Å². The number of hydrogen-bond donors (Lipinski definition) is 1. The summed E-state index contributed by atoms with van der Waals surface area (Å²) < 4.78 is 0. The standard InChI is InChI=1S/C14H9ClO2/c15-13-8-4-1-2-5-9(8)14(17)10-6-3-7-11(16)12(10)13/h1-7,13,16H. The first kappa shape index (κ1) is 10.4. The first-order valence-corrected chi connectivity index (χ1v) is 5.73. The molecule has 0 spiro atoms. The Labute approximate surface area is 103 Å². The molecule has 0 heterocycles. The Hall–Kier alpha value is -1.80. The number of ketones is 1. The number of aromatic hydroxyl groups is 1. The molecule has 17 heavy (non-hydrogen) atoms. The highest BCUT2D eigenvalue weighted by molar-refractivity contribution is 6.27. The van der Waals surface area contributed by atoms with Gasteiger partial charge < -0.3 is 5.11 Å². The van der Waals surface area contributed by atoms with Gasteiger partial charge >= 0.3 is 0 Å². The first-order valence-electron chi connectivity index (χ1n) is 5.29. The van der Waals surface area contributed by atoms with Gasteiger partial charge in [-0.15, -0.1) is 11.6 Å². The van der Waals surface area contributed by atoms with Crippen LogP contribution in [0.3, 0.4) is 0 Å². The summed E-state index contributed by atoms with van der Waals surface area (Å²) in [6.45, 7) is 0. The predicted molar refractivity (Wildman–Crippen MR) is 65.7 cm³/mol. The number of carbonyl (C=O) groups excluding carboxylic acids is 1.